The van der Waals surface area contributed by atoms with Crippen LogP contribution in [0, 0.1) is 5.92 Å². The lowest BCUT2D eigenvalue weighted by Crippen LogP contribution is -2.47. The van der Waals surface area contributed by atoms with Crippen molar-refractivity contribution in [2.24, 2.45) is 5.92 Å². The lowest BCUT2D eigenvalue weighted by atomic mass is 9.91. The van der Waals surface area contributed by atoms with Gasteiger partial charge in [-0.05, 0) is 38.6 Å². The predicted octanol–water partition coefficient (Wildman–Crippen LogP) is 3.30. The average Bonchev–Trinajstić information content (AvgIpc) is 2.16. The van der Waals surface area contributed by atoms with Crippen LogP contribution in [0.3, 0.4) is 0 Å². The minimum absolute atomic E-state index is 0.785. The quantitative estimate of drug-likeness (QED) is 0.649. The van der Waals surface area contributed by atoms with Gasteiger partial charge in [0.05, 0.1) is 0 Å². The molecule has 0 bridgehead atoms. The Bertz CT molecular complexity index is 142. The maximum Gasteiger partial charge on any atom is 0.0121 e. The number of hydrogen-bond acceptors (Lipinski definition) is 1. The van der Waals surface area contributed by atoms with Gasteiger partial charge >= 0.3 is 0 Å². The van der Waals surface area contributed by atoms with Crippen LogP contribution in [0.25, 0.3) is 0 Å². The molecule has 1 rings (SSSR count). The van der Waals surface area contributed by atoms with Crippen LogP contribution in [0.2, 0.25) is 0 Å². The minimum Gasteiger partial charge on any atom is -0.297 e. The first-order valence-corrected chi connectivity index (χ1v) is 5.92. The zero-order chi connectivity index (χ0) is 9.84. The van der Waals surface area contributed by atoms with Crippen LogP contribution in [-0.4, -0.2) is 23.5 Å². The van der Waals surface area contributed by atoms with Crippen LogP contribution in [-0.2, 0) is 0 Å². The molecule has 0 N–H and O–H groups in total. The van der Waals surface area contributed by atoms with E-state index in [-0.39, 0.29) is 0 Å². The van der Waals surface area contributed by atoms with Gasteiger partial charge in [-0.3, -0.25) is 4.90 Å². The molecule has 0 aromatic heterocycles. The van der Waals surface area contributed by atoms with Crippen molar-refractivity contribution in [1.82, 2.24) is 4.90 Å². The second kappa shape index (κ2) is 4.99. The molecule has 0 aromatic rings. The van der Waals surface area contributed by atoms with Gasteiger partial charge in [-0.25, -0.2) is 0 Å². The van der Waals surface area contributed by atoms with Gasteiger partial charge in [-0.1, -0.05) is 27.2 Å². The summed E-state index contributed by atoms with van der Waals surface area (Å²) in [6.45, 7) is 10.7. The Balaban J connectivity index is 2.56. The van der Waals surface area contributed by atoms with E-state index in [1.165, 1.54) is 32.2 Å². The van der Waals surface area contributed by atoms with Gasteiger partial charge in [0, 0.05) is 12.1 Å². The van der Waals surface area contributed by atoms with Crippen molar-refractivity contribution in [2.45, 2.75) is 65.5 Å². The Morgan fingerprint density at radius 1 is 1.23 bits per heavy atom. The third-order valence-corrected chi connectivity index (χ3v) is 3.52. The van der Waals surface area contributed by atoms with Crippen LogP contribution in [0.15, 0.2) is 0 Å². The Morgan fingerprint density at radius 3 is 2.46 bits per heavy atom. The molecule has 1 heteroatoms. The Hall–Kier alpha value is -0.0400. The fraction of sp³-hybridized carbons (Fsp3) is 1.00. The van der Waals surface area contributed by atoms with Crippen LogP contribution >= 0.6 is 0 Å². The smallest absolute Gasteiger partial charge is 0.0121 e. The van der Waals surface area contributed by atoms with E-state index in [1.54, 1.807) is 0 Å². The second-order valence-corrected chi connectivity index (χ2v) is 4.80. The second-order valence-electron chi connectivity index (χ2n) is 4.80. The molecule has 0 spiro atoms. The van der Waals surface area contributed by atoms with Gasteiger partial charge in [0.2, 0.25) is 0 Å². The maximum absolute atomic E-state index is 2.73. The minimum atomic E-state index is 0.785. The molecule has 0 radical (unpaired) electrons. The van der Waals surface area contributed by atoms with Crippen molar-refractivity contribution >= 4 is 0 Å². The largest absolute Gasteiger partial charge is 0.297 e. The van der Waals surface area contributed by atoms with Crippen molar-refractivity contribution in [1.29, 1.82) is 0 Å². The fourth-order valence-electron chi connectivity index (χ4n) is 2.48. The number of nitrogens with zero attached hydrogens (tertiary/aromatic N) is 1. The van der Waals surface area contributed by atoms with Crippen molar-refractivity contribution in [2.75, 3.05) is 6.54 Å². The third-order valence-electron chi connectivity index (χ3n) is 3.52. The fourth-order valence-corrected chi connectivity index (χ4v) is 2.48. The van der Waals surface area contributed by atoms with E-state index < -0.39 is 0 Å². The van der Waals surface area contributed by atoms with Gasteiger partial charge in [0.1, 0.15) is 0 Å². The molecule has 13 heavy (non-hydrogen) atoms. The topological polar surface area (TPSA) is 3.24 Å². The number of rotatable bonds is 3. The summed E-state index contributed by atoms with van der Waals surface area (Å²) in [5.41, 5.74) is 0. The molecule has 0 aromatic carbocycles. The lowest BCUT2D eigenvalue weighted by Gasteiger charge is -2.41. The summed E-state index contributed by atoms with van der Waals surface area (Å²) in [7, 11) is 0. The van der Waals surface area contributed by atoms with Crippen molar-refractivity contribution < 1.29 is 0 Å². The van der Waals surface area contributed by atoms with Crippen molar-refractivity contribution in [3.05, 3.63) is 0 Å². The molecular weight excluding hydrogens is 158 g/mol. The van der Waals surface area contributed by atoms with Crippen molar-refractivity contribution in [3.63, 3.8) is 0 Å². The zero-order valence-corrected chi connectivity index (χ0v) is 9.71. The summed E-state index contributed by atoms with van der Waals surface area (Å²) in [4.78, 5) is 2.73. The lowest BCUT2D eigenvalue weighted by molar-refractivity contribution is 0.0716. The Labute approximate surface area is 83.5 Å². The van der Waals surface area contributed by atoms with Gasteiger partial charge in [-0.15, -0.1) is 0 Å². The molecule has 1 heterocycles. The van der Waals surface area contributed by atoms with Gasteiger partial charge in [-0.2, -0.15) is 0 Å². The highest BCUT2D eigenvalue weighted by Crippen LogP contribution is 2.25. The summed E-state index contributed by atoms with van der Waals surface area (Å²) in [5, 5.41) is 0. The van der Waals surface area contributed by atoms with E-state index in [0.29, 0.717) is 0 Å². The molecule has 1 fully saturated rings. The summed E-state index contributed by atoms with van der Waals surface area (Å²) in [5.74, 6) is 0.828. The summed E-state index contributed by atoms with van der Waals surface area (Å²) >= 11 is 0. The molecule has 1 nitrogen and oxygen atoms in total. The standard InChI is InChI=1S/C12H25N/c1-5-11(4)13-9-7-6-8-12(13)10(2)3/h10-12H,5-9H2,1-4H3. The van der Waals surface area contributed by atoms with Crippen LogP contribution in [0.1, 0.15) is 53.4 Å². The summed E-state index contributed by atoms with van der Waals surface area (Å²) < 4.78 is 0. The molecular formula is C12H25N. The normalized spacial score (nSPS) is 27.9. The highest BCUT2D eigenvalue weighted by Gasteiger charge is 2.27. The van der Waals surface area contributed by atoms with E-state index >= 15 is 0 Å². The molecule has 2 unspecified atom stereocenters. The predicted molar refractivity (Wildman–Crippen MR) is 58.9 cm³/mol. The highest BCUT2D eigenvalue weighted by molar-refractivity contribution is 4.82. The van der Waals surface area contributed by atoms with Crippen LogP contribution < -0.4 is 0 Å². The van der Waals surface area contributed by atoms with Crippen molar-refractivity contribution in [3.8, 4) is 0 Å². The number of likely N-dealkylation sites (tertiary alicyclic amines) is 1. The summed E-state index contributed by atoms with van der Waals surface area (Å²) in [6, 6.07) is 1.64. The van der Waals surface area contributed by atoms with E-state index in [1.807, 2.05) is 0 Å². The van der Waals surface area contributed by atoms with E-state index in [4.69, 9.17) is 0 Å². The van der Waals surface area contributed by atoms with Crippen LogP contribution in [0.5, 0.6) is 0 Å². The third kappa shape index (κ3) is 2.70. The molecule has 0 saturated carbocycles. The molecule has 78 valence electrons. The molecule has 1 aliphatic rings. The molecule has 0 amide bonds. The number of hydrogen-bond donors (Lipinski definition) is 0. The van der Waals surface area contributed by atoms with Gasteiger partial charge in [0.25, 0.3) is 0 Å². The van der Waals surface area contributed by atoms with E-state index in [0.717, 1.165) is 18.0 Å². The highest BCUT2D eigenvalue weighted by atomic mass is 15.2. The first-order chi connectivity index (χ1) is 6.16. The maximum atomic E-state index is 2.73. The molecule has 0 aliphatic carbocycles. The molecule has 1 aliphatic heterocycles. The monoisotopic (exact) mass is 183 g/mol. The SMILES string of the molecule is CCC(C)N1CCCCC1C(C)C. The zero-order valence-electron chi connectivity index (χ0n) is 9.71. The van der Waals surface area contributed by atoms with E-state index in [9.17, 15) is 0 Å². The van der Waals surface area contributed by atoms with Gasteiger partial charge in [0.15, 0.2) is 0 Å². The van der Waals surface area contributed by atoms with Gasteiger partial charge < -0.3 is 0 Å². The first-order valence-electron chi connectivity index (χ1n) is 5.92. The molecule has 2 atom stereocenters. The molecule has 1 saturated heterocycles. The summed E-state index contributed by atoms with van der Waals surface area (Å²) in [6.07, 6.45) is 5.56. The van der Waals surface area contributed by atoms with Crippen LogP contribution in [0.4, 0.5) is 0 Å². The average molecular weight is 183 g/mol. The Kier molecular flexibility index (Phi) is 4.24. The van der Waals surface area contributed by atoms with E-state index in [2.05, 4.69) is 32.6 Å². The number of piperidine rings is 1. The first kappa shape index (κ1) is 11.0. The Morgan fingerprint density at radius 2 is 1.92 bits per heavy atom.